The van der Waals surface area contributed by atoms with Crippen molar-refractivity contribution >= 4 is 32.7 Å². The van der Waals surface area contributed by atoms with Crippen LogP contribution >= 0.6 is 0 Å². The summed E-state index contributed by atoms with van der Waals surface area (Å²) in [6.45, 7) is 0. The largest absolute Gasteiger partial charge is 0.456 e. The first kappa shape index (κ1) is 34.4. The number of benzene rings is 9. The fourth-order valence-corrected chi connectivity index (χ4v) is 8.38. The van der Waals surface area contributed by atoms with Crippen LogP contribution in [0.4, 0.5) is 0 Å². The number of aromatic nitrogens is 2. The van der Waals surface area contributed by atoms with Gasteiger partial charge in [0.1, 0.15) is 11.2 Å². The van der Waals surface area contributed by atoms with Gasteiger partial charge in [0.05, 0.1) is 11.4 Å². The Morgan fingerprint density at radius 3 is 1.66 bits per heavy atom. The summed E-state index contributed by atoms with van der Waals surface area (Å²) in [4.78, 5) is 10.5. The van der Waals surface area contributed by atoms with Crippen molar-refractivity contribution in [1.29, 1.82) is 0 Å². The third-order valence-electron chi connectivity index (χ3n) is 11.3. The van der Waals surface area contributed by atoms with E-state index in [0.717, 1.165) is 83.4 Å². The molecule has 11 rings (SSSR count). The van der Waals surface area contributed by atoms with Crippen LogP contribution < -0.4 is 0 Å². The zero-order valence-electron chi connectivity index (χ0n) is 32.1. The highest BCUT2D eigenvalue weighted by Crippen LogP contribution is 2.41. The zero-order chi connectivity index (χ0) is 39.1. The number of furan rings is 1. The predicted molar refractivity (Wildman–Crippen MR) is 245 cm³/mol. The summed E-state index contributed by atoms with van der Waals surface area (Å²) in [5, 5.41) is 4.64. The molecule has 0 N–H and O–H groups in total. The molecule has 11 aromatic rings. The maximum Gasteiger partial charge on any atom is 0.160 e. The van der Waals surface area contributed by atoms with Crippen LogP contribution in [0.2, 0.25) is 0 Å². The number of para-hydroxylation sites is 1. The monoisotopic (exact) mass is 752 g/mol. The first-order valence-corrected chi connectivity index (χ1v) is 20.0. The van der Waals surface area contributed by atoms with Crippen LogP contribution in [0.5, 0.6) is 0 Å². The molecule has 2 heterocycles. The topological polar surface area (TPSA) is 38.9 Å². The average molecular weight is 753 g/mol. The molecule has 0 fully saturated rings. The smallest absolute Gasteiger partial charge is 0.160 e. The third kappa shape index (κ3) is 6.45. The van der Waals surface area contributed by atoms with Crippen LogP contribution in [0.3, 0.4) is 0 Å². The summed E-state index contributed by atoms with van der Waals surface area (Å²) >= 11 is 0. The van der Waals surface area contributed by atoms with Gasteiger partial charge in [-0.1, -0.05) is 170 Å². The lowest BCUT2D eigenvalue weighted by Crippen LogP contribution is -1.97. The van der Waals surface area contributed by atoms with Crippen LogP contribution in [0.25, 0.3) is 111 Å². The molecule has 0 bridgehead atoms. The van der Waals surface area contributed by atoms with Gasteiger partial charge in [-0.2, -0.15) is 0 Å². The standard InChI is InChI=1S/C56H36N2O/c1-3-15-37(16-4-1)40-21-13-22-42(31-40)52-36-53(58-56(57-52)39-18-5-2-6-19-39)45-33-43(41-29-30-55-51(35-41)50-26-11-12-28-54(50)59-55)32-44(34-45)47-24-9-10-25-48(47)49-27-14-20-38-17-7-8-23-46(38)49/h1-36H. The van der Waals surface area contributed by atoms with Gasteiger partial charge < -0.3 is 4.42 Å². The summed E-state index contributed by atoms with van der Waals surface area (Å²) in [7, 11) is 0. The highest BCUT2D eigenvalue weighted by atomic mass is 16.3. The minimum atomic E-state index is 0.678. The molecule has 3 nitrogen and oxygen atoms in total. The van der Waals surface area contributed by atoms with Gasteiger partial charge in [0.15, 0.2) is 5.82 Å². The van der Waals surface area contributed by atoms with Gasteiger partial charge in [-0.15, -0.1) is 0 Å². The van der Waals surface area contributed by atoms with E-state index in [2.05, 4.69) is 188 Å². The second kappa shape index (κ2) is 14.6. The van der Waals surface area contributed by atoms with E-state index in [1.54, 1.807) is 0 Å². The van der Waals surface area contributed by atoms with Crippen molar-refractivity contribution in [3.63, 3.8) is 0 Å². The Balaban J connectivity index is 1.15. The molecule has 0 atom stereocenters. The molecule has 0 spiro atoms. The zero-order valence-corrected chi connectivity index (χ0v) is 32.1. The lowest BCUT2D eigenvalue weighted by Gasteiger charge is -2.16. The van der Waals surface area contributed by atoms with Crippen molar-refractivity contribution in [2.45, 2.75) is 0 Å². The van der Waals surface area contributed by atoms with Crippen LogP contribution in [0.1, 0.15) is 0 Å². The molecule has 0 aliphatic rings. The lowest BCUT2D eigenvalue weighted by molar-refractivity contribution is 0.669. The number of nitrogens with zero attached hydrogens (tertiary/aromatic N) is 2. The molecule has 276 valence electrons. The molecule has 0 aliphatic heterocycles. The molecule has 2 aromatic heterocycles. The number of fused-ring (bicyclic) bond motifs is 4. The van der Waals surface area contributed by atoms with Crippen molar-refractivity contribution in [2.75, 3.05) is 0 Å². The molecule has 0 unspecified atom stereocenters. The lowest BCUT2D eigenvalue weighted by atomic mass is 9.88. The maximum atomic E-state index is 6.26. The van der Waals surface area contributed by atoms with Gasteiger partial charge in [-0.3, -0.25) is 0 Å². The van der Waals surface area contributed by atoms with E-state index in [-0.39, 0.29) is 0 Å². The number of rotatable bonds is 7. The summed E-state index contributed by atoms with van der Waals surface area (Å²) in [5.41, 5.74) is 15.6. The van der Waals surface area contributed by atoms with Crippen LogP contribution in [0, 0.1) is 0 Å². The van der Waals surface area contributed by atoms with Crippen LogP contribution in [-0.2, 0) is 0 Å². The van der Waals surface area contributed by atoms with Crippen molar-refractivity contribution in [3.05, 3.63) is 218 Å². The normalized spacial score (nSPS) is 11.4. The minimum Gasteiger partial charge on any atom is -0.456 e. The van der Waals surface area contributed by atoms with Gasteiger partial charge in [0.2, 0.25) is 0 Å². The van der Waals surface area contributed by atoms with Crippen molar-refractivity contribution in [2.24, 2.45) is 0 Å². The second-order valence-electron chi connectivity index (χ2n) is 15.0. The molecule has 0 saturated heterocycles. The fourth-order valence-electron chi connectivity index (χ4n) is 8.38. The molecular formula is C56H36N2O. The average Bonchev–Trinajstić information content (AvgIpc) is 3.70. The molecule has 0 saturated carbocycles. The van der Waals surface area contributed by atoms with Gasteiger partial charge in [-0.05, 0) is 104 Å². The van der Waals surface area contributed by atoms with E-state index in [1.165, 1.54) is 21.9 Å². The van der Waals surface area contributed by atoms with E-state index in [1.807, 2.05) is 30.3 Å². The van der Waals surface area contributed by atoms with Gasteiger partial charge >= 0.3 is 0 Å². The van der Waals surface area contributed by atoms with E-state index in [4.69, 9.17) is 14.4 Å². The predicted octanol–water partition coefficient (Wildman–Crippen LogP) is 15.2. The summed E-state index contributed by atoms with van der Waals surface area (Å²) < 4.78 is 6.26. The van der Waals surface area contributed by atoms with E-state index in [0.29, 0.717) is 5.82 Å². The highest BCUT2D eigenvalue weighted by Gasteiger charge is 2.17. The van der Waals surface area contributed by atoms with E-state index < -0.39 is 0 Å². The summed E-state index contributed by atoms with van der Waals surface area (Å²) in [5.74, 6) is 0.678. The maximum absolute atomic E-state index is 6.26. The van der Waals surface area contributed by atoms with Crippen LogP contribution in [0.15, 0.2) is 223 Å². The molecule has 3 heteroatoms. The third-order valence-corrected chi connectivity index (χ3v) is 11.3. The van der Waals surface area contributed by atoms with E-state index in [9.17, 15) is 0 Å². The number of hydrogen-bond acceptors (Lipinski definition) is 3. The molecule has 0 radical (unpaired) electrons. The van der Waals surface area contributed by atoms with E-state index >= 15 is 0 Å². The Morgan fingerprint density at radius 2 is 0.814 bits per heavy atom. The van der Waals surface area contributed by atoms with Gasteiger partial charge in [0.25, 0.3) is 0 Å². The fraction of sp³-hybridized carbons (Fsp3) is 0. The van der Waals surface area contributed by atoms with Crippen LogP contribution in [-0.4, -0.2) is 9.97 Å². The highest BCUT2D eigenvalue weighted by molar-refractivity contribution is 6.07. The summed E-state index contributed by atoms with van der Waals surface area (Å²) in [6, 6.07) is 77.1. The minimum absolute atomic E-state index is 0.678. The molecule has 0 aliphatic carbocycles. The quantitative estimate of drug-likeness (QED) is 0.163. The first-order valence-electron chi connectivity index (χ1n) is 20.0. The van der Waals surface area contributed by atoms with Gasteiger partial charge in [0, 0.05) is 27.5 Å². The molecule has 0 amide bonds. The second-order valence-corrected chi connectivity index (χ2v) is 15.0. The Hall–Kier alpha value is -7.88. The Bertz CT molecular complexity index is 3320. The Morgan fingerprint density at radius 1 is 0.271 bits per heavy atom. The Kier molecular flexibility index (Phi) is 8.49. The first-order chi connectivity index (χ1) is 29.2. The van der Waals surface area contributed by atoms with Crippen molar-refractivity contribution < 1.29 is 4.42 Å². The van der Waals surface area contributed by atoms with Gasteiger partial charge in [-0.25, -0.2) is 9.97 Å². The van der Waals surface area contributed by atoms with Crippen molar-refractivity contribution in [1.82, 2.24) is 9.97 Å². The number of hydrogen-bond donors (Lipinski definition) is 0. The molecule has 9 aromatic carbocycles. The molecular weight excluding hydrogens is 717 g/mol. The molecule has 59 heavy (non-hydrogen) atoms. The SMILES string of the molecule is c1ccc(-c2cccc(-c3cc(-c4cc(-c5ccc6oc7ccccc7c6c5)cc(-c5ccccc5-c5cccc6ccccc56)c4)nc(-c4ccccc4)n3)c2)cc1. The Labute approximate surface area is 342 Å². The van der Waals surface area contributed by atoms with Crippen molar-refractivity contribution in [3.8, 4) is 78.4 Å². The summed E-state index contributed by atoms with van der Waals surface area (Å²) in [6.07, 6.45) is 0.